The first-order valence-corrected chi connectivity index (χ1v) is 31.2. The summed E-state index contributed by atoms with van der Waals surface area (Å²) >= 11 is 0. The Labute approximate surface area is 468 Å². The summed E-state index contributed by atoms with van der Waals surface area (Å²) in [5.41, 5.74) is 0. The van der Waals surface area contributed by atoms with Crippen LogP contribution >= 0.6 is 0 Å². The largest absolute Gasteiger partial charge is 0.462 e. The minimum Gasteiger partial charge on any atom is -0.462 e. The van der Waals surface area contributed by atoms with Crippen molar-refractivity contribution in [3.8, 4) is 0 Å². The van der Waals surface area contributed by atoms with Gasteiger partial charge in [-0.2, -0.15) is 0 Å². The van der Waals surface area contributed by atoms with Crippen molar-refractivity contribution in [3.05, 3.63) is 134 Å². The lowest BCUT2D eigenvalue weighted by Gasteiger charge is -2.18. The van der Waals surface area contributed by atoms with Crippen molar-refractivity contribution in [1.29, 1.82) is 0 Å². The number of unbranched alkanes of at least 4 members (excludes halogenated alkanes) is 22. The molecule has 76 heavy (non-hydrogen) atoms. The lowest BCUT2D eigenvalue weighted by atomic mass is 10.1. The van der Waals surface area contributed by atoms with Crippen LogP contribution in [-0.4, -0.2) is 37.2 Å². The van der Waals surface area contributed by atoms with Crippen LogP contribution in [0.15, 0.2) is 134 Å². The van der Waals surface area contributed by atoms with Crippen LogP contribution in [0.2, 0.25) is 0 Å². The minimum atomic E-state index is -0.792. The summed E-state index contributed by atoms with van der Waals surface area (Å²) in [5.74, 6) is -0.917. The first kappa shape index (κ1) is 71.5. The van der Waals surface area contributed by atoms with Crippen LogP contribution in [0.3, 0.4) is 0 Å². The van der Waals surface area contributed by atoms with Gasteiger partial charge in [-0.1, -0.05) is 270 Å². The van der Waals surface area contributed by atoms with Gasteiger partial charge in [-0.15, -0.1) is 0 Å². The van der Waals surface area contributed by atoms with Gasteiger partial charge in [0.1, 0.15) is 13.2 Å². The molecule has 0 aliphatic carbocycles. The molecular weight excluding hydrogens is 937 g/mol. The molecule has 0 rings (SSSR count). The molecule has 0 fully saturated rings. The SMILES string of the molecule is CC/C=C\C/C=C\C/C=C\C/C=C\C/C=C\C/C=C\CCCCCCCCCCCCC(=O)OCC(COC(=O)CCCCCCCCCC)OC(=O)CCCCCCC/C=C\C/C=C\C/C=C\C/C=C\C/C=C\CC. The molecule has 0 aromatic heterocycles. The fourth-order valence-corrected chi connectivity index (χ4v) is 8.30. The van der Waals surface area contributed by atoms with Crippen molar-refractivity contribution in [2.45, 2.75) is 277 Å². The number of esters is 3. The molecule has 1 unspecified atom stereocenters. The van der Waals surface area contributed by atoms with E-state index in [-0.39, 0.29) is 31.1 Å². The van der Waals surface area contributed by atoms with E-state index >= 15 is 0 Å². The van der Waals surface area contributed by atoms with Crippen molar-refractivity contribution >= 4 is 17.9 Å². The molecule has 6 nitrogen and oxygen atoms in total. The predicted octanol–water partition coefficient (Wildman–Crippen LogP) is 21.4. The Hall–Kier alpha value is -4.45. The highest BCUT2D eigenvalue weighted by Gasteiger charge is 2.19. The molecule has 430 valence electrons. The molecule has 0 radical (unpaired) electrons. The van der Waals surface area contributed by atoms with Crippen molar-refractivity contribution < 1.29 is 28.6 Å². The molecule has 0 aliphatic heterocycles. The zero-order valence-electron chi connectivity index (χ0n) is 49.2. The third-order valence-corrected chi connectivity index (χ3v) is 12.9. The summed E-state index contributed by atoms with van der Waals surface area (Å²) in [6.45, 7) is 6.36. The second-order valence-electron chi connectivity index (χ2n) is 20.2. The van der Waals surface area contributed by atoms with Crippen LogP contribution < -0.4 is 0 Å². The lowest BCUT2D eigenvalue weighted by molar-refractivity contribution is -0.167. The van der Waals surface area contributed by atoms with Crippen LogP contribution in [0, 0.1) is 0 Å². The summed E-state index contributed by atoms with van der Waals surface area (Å²) in [5, 5.41) is 0. The van der Waals surface area contributed by atoms with E-state index in [2.05, 4.69) is 154 Å². The van der Waals surface area contributed by atoms with Gasteiger partial charge in [0.15, 0.2) is 6.10 Å². The highest BCUT2D eigenvalue weighted by Crippen LogP contribution is 2.15. The quantitative estimate of drug-likeness (QED) is 0.0261. The van der Waals surface area contributed by atoms with E-state index < -0.39 is 6.10 Å². The summed E-state index contributed by atoms with van der Waals surface area (Å²) in [7, 11) is 0. The average Bonchev–Trinajstić information content (AvgIpc) is 3.42. The zero-order chi connectivity index (χ0) is 55.0. The summed E-state index contributed by atoms with van der Waals surface area (Å²) < 4.78 is 16.8. The van der Waals surface area contributed by atoms with Crippen molar-refractivity contribution in [2.75, 3.05) is 13.2 Å². The maximum Gasteiger partial charge on any atom is 0.306 e. The van der Waals surface area contributed by atoms with Crippen molar-refractivity contribution in [3.63, 3.8) is 0 Å². The Bertz CT molecular complexity index is 1630. The molecule has 0 aliphatic rings. The van der Waals surface area contributed by atoms with Gasteiger partial charge in [-0.3, -0.25) is 14.4 Å². The zero-order valence-corrected chi connectivity index (χ0v) is 49.2. The Morgan fingerprint density at radius 1 is 0.276 bits per heavy atom. The standard InChI is InChI=1S/C70H114O6/c1-4-7-10-13-16-19-21-23-25-27-29-31-32-33-34-35-36-37-38-40-41-43-45-47-49-51-54-57-60-63-69(72)75-66-67(65-74-68(71)62-59-56-53-18-15-12-9-6-3)76-70(73)64-61-58-55-52-50-48-46-44-42-39-30-28-26-24-22-20-17-14-11-8-5-2/h7-8,10-11,16-17,19-20,23-26,29-31,33-34,36-37,39,44,46,67H,4-6,9,12-15,18,21-22,27-28,32,35,38,40-43,45,47-66H2,1-3H3/b10-7-,11-8-,19-16-,20-17-,25-23-,26-24-,31-29-,34-33-,37-36-,39-30-,46-44-. The molecule has 0 saturated heterocycles. The number of hydrogen-bond donors (Lipinski definition) is 0. The molecular formula is C70H114O6. The van der Waals surface area contributed by atoms with Crippen LogP contribution in [-0.2, 0) is 28.6 Å². The normalized spacial score (nSPS) is 13.0. The van der Waals surface area contributed by atoms with E-state index in [0.29, 0.717) is 19.3 Å². The van der Waals surface area contributed by atoms with Gasteiger partial charge in [-0.25, -0.2) is 0 Å². The molecule has 0 amide bonds. The Balaban J connectivity index is 4.24. The van der Waals surface area contributed by atoms with E-state index in [9.17, 15) is 14.4 Å². The number of carbonyl (C=O) groups excluding carboxylic acids is 3. The Kier molecular flexibility index (Phi) is 59.4. The van der Waals surface area contributed by atoms with E-state index in [1.54, 1.807) is 0 Å². The Morgan fingerprint density at radius 3 is 0.803 bits per heavy atom. The fourth-order valence-electron chi connectivity index (χ4n) is 8.30. The lowest BCUT2D eigenvalue weighted by Crippen LogP contribution is -2.30. The highest BCUT2D eigenvalue weighted by molar-refractivity contribution is 5.71. The maximum atomic E-state index is 12.9. The molecule has 0 N–H and O–H groups in total. The second-order valence-corrected chi connectivity index (χ2v) is 20.2. The van der Waals surface area contributed by atoms with E-state index in [1.807, 2.05) is 0 Å². The van der Waals surface area contributed by atoms with Gasteiger partial charge in [0.2, 0.25) is 0 Å². The minimum absolute atomic E-state index is 0.0891. The number of carbonyl (C=O) groups is 3. The van der Waals surface area contributed by atoms with Gasteiger partial charge in [0.05, 0.1) is 0 Å². The molecule has 0 spiro atoms. The second kappa shape index (κ2) is 63.1. The van der Waals surface area contributed by atoms with E-state index in [4.69, 9.17) is 14.2 Å². The molecule has 0 saturated carbocycles. The third kappa shape index (κ3) is 60.4. The number of hydrogen-bond acceptors (Lipinski definition) is 6. The smallest absolute Gasteiger partial charge is 0.306 e. The molecule has 0 aromatic carbocycles. The molecule has 0 bridgehead atoms. The third-order valence-electron chi connectivity index (χ3n) is 12.9. The van der Waals surface area contributed by atoms with Crippen molar-refractivity contribution in [1.82, 2.24) is 0 Å². The first-order valence-electron chi connectivity index (χ1n) is 31.2. The molecule has 1 atom stereocenters. The number of allylic oxidation sites excluding steroid dienone is 22. The Morgan fingerprint density at radius 2 is 0.513 bits per heavy atom. The van der Waals surface area contributed by atoms with E-state index in [1.165, 1.54) is 83.5 Å². The maximum absolute atomic E-state index is 12.9. The van der Waals surface area contributed by atoms with Gasteiger partial charge >= 0.3 is 17.9 Å². The number of rotatable bonds is 55. The highest BCUT2D eigenvalue weighted by atomic mass is 16.6. The topological polar surface area (TPSA) is 78.9 Å². The summed E-state index contributed by atoms with van der Waals surface area (Å²) in [4.78, 5) is 38.1. The van der Waals surface area contributed by atoms with Crippen molar-refractivity contribution in [2.24, 2.45) is 0 Å². The molecule has 6 heteroatoms. The summed E-state index contributed by atoms with van der Waals surface area (Å²) in [6.07, 6.45) is 88.9. The van der Waals surface area contributed by atoms with Gasteiger partial charge in [-0.05, 0) is 116 Å². The molecule has 0 aromatic rings. The van der Waals surface area contributed by atoms with Crippen LogP contribution in [0.25, 0.3) is 0 Å². The average molecular weight is 1050 g/mol. The van der Waals surface area contributed by atoms with Crippen LogP contribution in [0.4, 0.5) is 0 Å². The first-order chi connectivity index (χ1) is 37.5. The fraction of sp³-hybridized carbons (Fsp3) is 0.643. The number of ether oxygens (including phenoxy) is 3. The molecule has 0 heterocycles. The summed E-state index contributed by atoms with van der Waals surface area (Å²) in [6, 6.07) is 0. The monoisotopic (exact) mass is 1050 g/mol. The predicted molar refractivity (Wildman–Crippen MR) is 329 cm³/mol. The van der Waals surface area contributed by atoms with Gasteiger partial charge in [0.25, 0.3) is 0 Å². The van der Waals surface area contributed by atoms with Crippen LogP contribution in [0.1, 0.15) is 271 Å². The van der Waals surface area contributed by atoms with Crippen LogP contribution in [0.5, 0.6) is 0 Å². The van der Waals surface area contributed by atoms with Gasteiger partial charge in [0, 0.05) is 19.3 Å². The van der Waals surface area contributed by atoms with Gasteiger partial charge < -0.3 is 14.2 Å². The van der Waals surface area contributed by atoms with E-state index in [0.717, 1.165) is 148 Å².